The van der Waals surface area contributed by atoms with Crippen LogP contribution in [-0.4, -0.2) is 17.5 Å². The van der Waals surface area contributed by atoms with Crippen molar-refractivity contribution in [3.63, 3.8) is 0 Å². The van der Waals surface area contributed by atoms with Gasteiger partial charge in [0.2, 0.25) is 0 Å². The Morgan fingerprint density at radius 1 is 1.45 bits per heavy atom. The molecule has 0 aliphatic heterocycles. The van der Waals surface area contributed by atoms with Crippen LogP contribution in [0.2, 0.25) is 5.02 Å². The van der Waals surface area contributed by atoms with Crippen molar-refractivity contribution in [3.05, 3.63) is 45.3 Å². The van der Waals surface area contributed by atoms with Crippen LogP contribution in [-0.2, 0) is 16.0 Å². The predicted molar refractivity (Wildman–Crippen MR) is 76.6 cm³/mol. The lowest BCUT2D eigenvalue weighted by atomic mass is 10.0. The fraction of sp³-hybridized carbons (Fsp3) is 0.429. The predicted octanol–water partition coefficient (Wildman–Crippen LogP) is 3.73. The Labute approximate surface area is 123 Å². The minimum Gasteiger partial charge on any atom is -0.466 e. The average Bonchev–Trinajstić information content (AvgIpc) is 2.38. The van der Waals surface area contributed by atoms with Crippen molar-refractivity contribution in [1.29, 1.82) is 0 Å². The number of nitro groups is 1. The zero-order valence-corrected chi connectivity index (χ0v) is 12.1. The average molecular weight is 299 g/mol. The first-order chi connectivity index (χ1) is 9.50. The quantitative estimate of drug-likeness (QED) is 0.317. The van der Waals surface area contributed by atoms with Gasteiger partial charge in [-0.05, 0) is 38.2 Å². The maximum Gasteiger partial charge on any atom is 0.302 e. The number of hydrogen-bond donors (Lipinski definition) is 0. The molecule has 5 nitrogen and oxygen atoms in total. The van der Waals surface area contributed by atoms with E-state index in [0.717, 1.165) is 19.3 Å². The second kappa shape index (κ2) is 8.53. The molecule has 0 fully saturated rings. The molecule has 0 saturated heterocycles. The molecular formula is C14H17ClNO4. The van der Waals surface area contributed by atoms with E-state index in [1.54, 1.807) is 12.1 Å². The molecule has 0 atom stereocenters. The van der Waals surface area contributed by atoms with Crippen LogP contribution < -0.4 is 0 Å². The summed E-state index contributed by atoms with van der Waals surface area (Å²) in [5, 5.41) is 11.3. The number of carbonyl (C=O) groups excluding carboxylic acids is 1. The summed E-state index contributed by atoms with van der Waals surface area (Å²) in [6, 6.07) is 4.69. The lowest BCUT2D eigenvalue weighted by Gasteiger charge is -2.04. The molecule has 0 saturated carbocycles. The van der Waals surface area contributed by atoms with Gasteiger partial charge in [0, 0.05) is 23.6 Å². The van der Waals surface area contributed by atoms with Gasteiger partial charge in [0.15, 0.2) is 0 Å². The summed E-state index contributed by atoms with van der Waals surface area (Å²) in [7, 11) is 0. The van der Waals surface area contributed by atoms with Gasteiger partial charge in [0.1, 0.15) is 0 Å². The Hall–Kier alpha value is -1.62. The van der Waals surface area contributed by atoms with Crippen molar-refractivity contribution < 1.29 is 14.5 Å². The number of ether oxygens (including phenoxy) is 1. The summed E-state index contributed by atoms with van der Waals surface area (Å²) in [4.78, 5) is 21.0. The summed E-state index contributed by atoms with van der Waals surface area (Å²) in [5.74, 6) is -0.272. The van der Waals surface area contributed by atoms with E-state index in [9.17, 15) is 14.9 Å². The molecule has 6 heteroatoms. The standard InChI is InChI=1S/C14H17ClNO4/c1-11(17)20-9-5-3-2-4-6-12-7-8-13(15)10-14(12)16(18)19/h4,7-8,10H,2-3,5-6,9H2,1H3. The van der Waals surface area contributed by atoms with Gasteiger partial charge in [-0.15, -0.1) is 0 Å². The first-order valence-electron chi connectivity index (χ1n) is 6.38. The highest BCUT2D eigenvalue weighted by molar-refractivity contribution is 6.30. The highest BCUT2D eigenvalue weighted by Crippen LogP contribution is 2.24. The zero-order valence-electron chi connectivity index (χ0n) is 11.3. The van der Waals surface area contributed by atoms with E-state index in [0.29, 0.717) is 23.6 Å². The van der Waals surface area contributed by atoms with E-state index in [1.165, 1.54) is 13.0 Å². The smallest absolute Gasteiger partial charge is 0.302 e. The molecule has 0 N–H and O–H groups in total. The Balaban J connectivity index is 2.32. The molecule has 0 aromatic heterocycles. The SMILES string of the molecule is CC(=O)OCCCC[CH]Cc1ccc(Cl)cc1[N+](=O)[O-]. The number of benzene rings is 1. The maximum absolute atomic E-state index is 10.9. The van der Waals surface area contributed by atoms with Gasteiger partial charge in [0.25, 0.3) is 5.69 Å². The first-order valence-corrected chi connectivity index (χ1v) is 6.76. The molecule has 0 unspecified atom stereocenters. The number of carbonyl (C=O) groups is 1. The van der Waals surface area contributed by atoms with Crippen LogP contribution in [0.25, 0.3) is 0 Å². The minimum atomic E-state index is -0.421. The normalized spacial score (nSPS) is 10.3. The van der Waals surface area contributed by atoms with Gasteiger partial charge in [-0.2, -0.15) is 0 Å². The number of nitrogens with zero attached hydrogens (tertiary/aromatic N) is 1. The Bertz CT molecular complexity index is 476. The number of rotatable bonds is 8. The molecule has 0 aliphatic rings. The molecule has 0 bridgehead atoms. The van der Waals surface area contributed by atoms with Crippen molar-refractivity contribution in [2.24, 2.45) is 0 Å². The third-order valence-electron chi connectivity index (χ3n) is 2.72. The van der Waals surface area contributed by atoms with Crippen molar-refractivity contribution in [2.45, 2.75) is 32.6 Å². The largest absolute Gasteiger partial charge is 0.466 e. The lowest BCUT2D eigenvalue weighted by Crippen LogP contribution is -2.00. The van der Waals surface area contributed by atoms with Crippen LogP contribution in [0.1, 0.15) is 31.7 Å². The van der Waals surface area contributed by atoms with Gasteiger partial charge >= 0.3 is 5.97 Å². The topological polar surface area (TPSA) is 69.4 Å². The number of esters is 1. The molecule has 1 aromatic rings. The molecule has 0 heterocycles. The van der Waals surface area contributed by atoms with Crippen molar-refractivity contribution in [1.82, 2.24) is 0 Å². The number of unbranched alkanes of at least 4 members (excludes halogenated alkanes) is 3. The second-order valence-electron chi connectivity index (χ2n) is 4.36. The van der Waals surface area contributed by atoms with Crippen molar-refractivity contribution in [2.75, 3.05) is 6.61 Å². The molecule has 20 heavy (non-hydrogen) atoms. The van der Waals surface area contributed by atoms with Gasteiger partial charge in [-0.3, -0.25) is 14.9 Å². The van der Waals surface area contributed by atoms with E-state index in [-0.39, 0.29) is 11.7 Å². The third-order valence-corrected chi connectivity index (χ3v) is 2.95. The molecule has 1 radical (unpaired) electrons. The summed E-state index contributed by atoms with van der Waals surface area (Å²) in [5.41, 5.74) is 0.702. The molecule has 109 valence electrons. The van der Waals surface area contributed by atoms with E-state index in [1.807, 2.05) is 6.42 Å². The Kier molecular flexibility index (Phi) is 7.01. The third kappa shape index (κ3) is 6.02. The van der Waals surface area contributed by atoms with Crippen LogP contribution in [0, 0.1) is 16.5 Å². The second-order valence-corrected chi connectivity index (χ2v) is 4.80. The number of nitro benzene ring substituents is 1. The molecule has 0 spiro atoms. The zero-order chi connectivity index (χ0) is 15.0. The summed E-state index contributed by atoms with van der Waals surface area (Å²) >= 11 is 5.75. The first kappa shape index (κ1) is 16.4. The van der Waals surface area contributed by atoms with Gasteiger partial charge in [0.05, 0.1) is 11.5 Å². The van der Waals surface area contributed by atoms with E-state index in [2.05, 4.69) is 0 Å². The van der Waals surface area contributed by atoms with Crippen LogP contribution in [0.3, 0.4) is 0 Å². The molecular weight excluding hydrogens is 282 g/mol. The van der Waals surface area contributed by atoms with Crippen LogP contribution in [0.15, 0.2) is 18.2 Å². The maximum atomic E-state index is 10.9. The Morgan fingerprint density at radius 3 is 2.85 bits per heavy atom. The summed E-state index contributed by atoms with van der Waals surface area (Å²) < 4.78 is 4.81. The van der Waals surface area contributed by atoms with E-state index in [4.69, 9.17) is 16.3 Å². The monoisotopic (exact) mass is 298 g/mol. The van der Waals surface area contributed by atoms with Crippen molar-refractivity contribution in [3.8, 4) is 0 Å². The van der Waals surface area contributed by atoms with E-state index >= 15 is 0 Å². The van der Waals surface area contributed by atoms with Crippen LogP contribution in [0.4, 0.5) is 5.69 Å². The summed E-state index contributed by atoms with van der Waals surface area (Å²) in [6.07, 6.45) is 5.01. The van der Waals surface area contributed by atoms with Crippen molar-refractivity contribution >= 4 is 23.3 Å². The van der Waals surface area contributed by atoms with Crippen LogP contribution >= 0.6 is 11.6 Å². The summed E-state index contributed by atoms with van der Waals surface area (Å²) in [6.45, 7) is 1.80. The fourth-order valence-electron chi connectivity index (χ4n) is 1.74. The molecule has 1 aromatic carbocycles. The number of halogens is 1. The van der Waals surface area contributed by atoms with E-state index < -0.39 is 4.92 Å². The highest BCUT2D eigenvalue weighted by atomic mass is 35.5. The lowest BCUT2D eigenvalue weighted by molar-refractivity contribution is -0.385. The Morgan fingerprint density at radius 2 is 2.20 bits per heavy atom. The van der Waals surface area contributed by atoms with Gasteiger partial charge < -0.3 is 4.74 Å². The fourth-order valence-corrected chi connectivity index (χ4v) is 1.91. The molecule has 1 rings (SSSR count). The highest BCUT2D eigenvalue weighted by Gasteiger charge is 2.13. The number of hydrogen-bond acceptors (Lipinski definition) is 4. The molecule has 0 amide bonds. The minimum absolute atomic E-state index is 0.0497. The van der Waals surface area contributed by atoms with Gasteiger partial charge in [-0.25, -0.2) is 0 Å². The molecule has 0 aliphatic carbocycles. The van der Waals surface area contributed by atoms with Gasteiger partial charge in [-0.1, -0.05) is 17.7 Å². The van der Waals surface area contributed by atoms with Crippen LogP contribution in [0.5, 0.6) is 0 Å².